The molecule has 0 aliphatic rings. The van der Waals surface area contributed by atoms with Crippen molar-refractivity contribution in [2.45, 2.75) is 13.0 Å². The predicted octanol–water partition coefficient (Wildman–Crippen LogP) is 2.77. The smallest absolute Gasteiger partial charge is 0.282 e. The number of alkyl halides is 2. The maximum atomic E-state index is 12.9. The van der Waals surface area contributed by atoms with Crippen molar-refractivity contribution in [3.63, 3.8) is 0 Å². The van der Waals surface area contributed by atoms with Crippen LogP contribution in [0.15, 0.2) is 10.6 Å². The number of halogens is 2. The summed E-state index contributed by atoms with van der Waals surface area (Å²) in [6.45, 7) is 0.234. The molecule has 3 aromatic heterocycles. The van der Waals surface area contributed by atoms with Crippen LogP contribution in [-0.2, 0) is 18.4 Å². The second kappa shape index (κ2) is 4.91. The summed E-state index contributed by atoms with van der Waals surface area (Å²) in [7, 11) is 3.15. The number of nitrogens with zero attached hydrogens (tertiary/aromatic N) is 4. The third kappa shape index (κ3) is 2.08. The van der Waals surface area contributed by atoms with Gasteiger partial charge in [0.15, 0.2) is 5.82 Å². The molecular weight excluding hydrogens is 290 g/mol. The number of rotatable bonds is 4. The van der Waals surface area contributed by atoms with E-state index in [0.29, 0.717) is 26.8 Å². The average molecular weight is 300 g/mol. The largest absolute Gasteiger partial charge is 0.377 e. The van der Waals surface area contributed by atoms with E-state index in [0.717, 1.165) is 0 Å². The molecule has 106 valence electrons. The van der Waals surface area contributed by atoms with E-state index in [4.69, 9.17) is 9.26 Å². The molecule has 0 saturated carbocycles. The van der Waals surface area contributed by atoms with E-state index in [1.54, 1.807) is 13.1 Å². The highest BCUT2D eigenvalue weighted by Crippen LogP contribution is 2.36. The first-order chi connectivity index (χ1) is 9.60. The van der Waals surface area contributed by atoms with Gasteiger partial charge in [-0.15, -0.1) is 11.3 Å². The van der Waals surface area contributed by atoms with Crippen LogP contribution >= 0.6 is 11.3 Å². The van der Waals surface area contributed by atoms with E-state index >= 15 is 0 Å². The molecule has 0 aliphatic heterocycles. The predicted molar refractivity (Wildman–Crippen MR) is 67.6 cm³/mol. The monoisotopic (exact) mass is 300 g/mol. The standard InChI is InChI=1S/C11H10F2N4O2S/c1-17-11-5(8(15-17)9(12)13)3-6(20-11)10-14-7(4-18-2)16-19-10/h3,9H,4H2,1-2H3. The minimum absolute atomic E-state index is 0.234. The van der Waals surface area contributed by atoms with Gasteiger partial charge in [0.25, 0.3) is 12.3 Å². The fraction of sp³-hybridized carbons (Fsp3) is 0.364. The topological polar surface area (TPSA) is 66.0 Å². The number of aryl methyl sites for hydroxylation is 1. The van der Waals surface area contributed by atoms with Gasteiger partial charge in [-0.25, -0.2) is 8.78 Å². The summed E-state index contributed by atoms with van der Waals surface area (Å²) in [5.74, 6) is 0.700. The maximum absolute atomic E-state index is 12.9. The fourth-order valence-electron chi connectivity index (χ4n) is 1.87. The van der Waals surface area contributed by atoms with Crippen molar-refractivity contribution >= 4 is 21.6 Å². The zero-order chi connectivity index (χ0) is 14.3. The molecule has 0 unspecified atom stereocenters. The molecular formula is C11H10F2N4O2S. The summed E-state index contributed by atoms with van der Waals surface area (Å²) in [6.07, 6.45) is -2.62. The van der Waals surface area contributed by atoms with Crippen molar-refractivity contribution in [3.8, 4) is 10.8 Å². The van der Waals surface area contributed by atoms with Crippen molar-refractivity contribution in [2.24, 2.45) is 7.05 Å². The lowest BCUT2D eigenvalue weighted by Crippen LogP contribution is -1.92. The number of methoxy groups -OCH3 is 1. The molecule has 0 bridgehead atoms. The molecule has 0 spiro atoms. The van der Waals surface area contributed by atoms with E-state index in [1.807, 2.05) is 0 Å². The van der Waals surface area contributed by atoms with Crippen LogP contribution in [0.1, 0.15) is 17.9 Å². The molecule has 0 N–H and O–H groups in total. The van der Waals surface area contributed by atoms with Crippen molar-refractivity contribution in [3.05, 3.63) is 17.6 Å². The van der Waals surface area contributed by atoms with Crippen molar-refractivity contribution in [2.75, 3.05) is 7.11 Å². The van der Waals surface area contributed by atoms with Gasteiger partial charge in [-0.3, -0.25) is 4.68 Å². The van der Waals surface area contributed by atoms with Crippen LogP contribution in [0.5, 0.6) is 0 Å². The average Bonchev–Trinajstić information content (AvgIpc) is 3.06. The summed E-state index contributed by atoms with van der Waals surface area (Å²) in [6, 6.07) is 1.60. The Morgan fingerprint density at radius 3 is 3.00 bits per heavy atom. The van der Waals surface area contributed by atoms with Gasteiger partial charge in [-0.2, -0.15) is 10.1 Å². The van der Waals surface area contributed by atoms with Gasteiger partial charge < -0.3 is 9.26 Å². The molecule has 0 amide bonds. The molecule has 0 radical (unpaired) electrons. The molecule has 9 heteroatoms. The highest BCUT2D eigenvalue weighted by atomic mass is 32.1. The Hall–Kier alpha value is -1.87. The van der Waals surface area contributed by atoms with Gasteiger partial charge in [-0.05, 0) is 6.07 Å². The van der Waals surface area contributed by atoms with Gasteiger partial charge in [0, 0.05) is 19.5 Å². The van der Waals surface area contributed by atoms with E-state index in [1.165, 1.54) is 23.1 Å². The van der Waals surface area contributed by atoms with Crippen LogP contribution in [0.25, 0.3) is 21.0 Å². The van der Waals surface area contributed by atoms with E-state index in [9.17, 15) is 8.78 Å². The second-order valence-corrected chi connectivity index (χ2v) is 5.12. The molecule has 3 aromatic rings. The SMILES string of the molecule is COCc1noc(-c2cc3c(C(F)F)nn(C)c3s2)n1. The Balaban J connectivity index is 2.05. The Kier molecular flexibility index (Phi) is 3.22. The van der Waals surface area contributed by atoms with E-state index < -0.39 is 6.43 Å². The van der Waals surface area contributed by atoms with Crippen LogP contribution in [0.4, 0.5) is 8.78 Å². The number of hydrogen-bond acceptors (Lipinski definition) is 6. The third-order valence-corrected chi connectivity index (χ3v) is 3.89. The Bertz CT molecular complexity index is 749. The summed E-state index contributed by atoms with van der Waals surface area (Å²) in [5, 5.41) is 7.96. The zero-order valence-electron chi connectivity index (χ0n) is 10.6. The molecule has 0 aromatic carbocycles. The Morgan fingerprint density at radius 1 is 1.50 bits per heavy atom. The lowest BCUT2D eigenvalue weighted by Gasteiger charge is -1.92. The minimum Gasteiger partial charge on any atom is -0.377 e. The summed E-state index contributed by atoms with van der Waals surface area (Å²) < 4.78 is 37.2. The van der Waals surface area contributed by atoms with Crippen LogP contribution in [-0.4, -0.2) is 27.0 Å². The van der Waals surface area contributed by atoms with Crippen molar-refractivity contribution < 1.29 is 18.0 Å². The molecule has 0 aliphatic carbocycles. The highest BCUT2D eigenvalue weighted by Gasteiger charge is 2.22. The van der Waals surface area contributed by atoms with E-state index in [2.05, 4.69) is 15.2 Å². The van der Waals surface area contributed by atoms with Crippen LogP contribution in [0.3, 0.4) is 0 Å². The van der Waals surface area contributed by atoms with Crippen molar-refractivity contribution in [1.29, 1.82) is 0 Å². The van der Waals surface area contributed by atoms with Crippen LogP contribution in [0, 0.1) is 0 Å². The number of fused-ring (bicyclic) bond motifs is 1. The quantitative estimate of drug-likeness (QED) is 0.741. The first-order valence-electron chi connectivity index (χ1n) is 5.66. The number of hydrogen-bond donors (Lipinski definition) is 0. The molecule has 0 fully saturated rings. The number of aromatic nitrogens is 4. The van der Waals surface area contributed by atoms with Gasteiger partial charge in [0.2, 0.25) is 0 Å². The third-order valence-electron chi connectivity index (χ3n) is 2.70. The summed E-state index contributed by atoms with van der Waals surface area (Å²) in [5.41, 5.74) is -0.235. The van der Waals surface area contributed by atoms with Gasteiger partial charge >= 0.3 is 0 Å². The normalized spacial score (nSPS) is 11.8. The van der Waals surface area contributed by atoms with Gasteiger partial charge in [0.05, 0.1) is 4.88 Å². The van der Waals surface area contributed by atoms with Crippen molar-refractivity contribution in [1.82, 2.24) is 19.9 Å². The first-order valence-corrected chi connectivity index (χ1v) is 6.48. The van der Waals surface area contributed by atoms with Gasteiger partial charge in [-0.1, -0.05) is 5.16 Å². The fourth-order valence-corrected chi connectivity index (χ4v) is 2.88. The van der Waals surface area contributed by atoms with Crippen LogP contribution < -0.4 is 0 Å². The molecule has 0 atom stereocenters. The number of ether oxygens (including phenoxy) is 1. The second-order valence-electron chi connectivity index (χ2n) is 4.09. The summed E-state index contributed by atoms with van der Waals surface area (Å²) >= 11 is 1.28. The number of thiophene rings is 1. The molecule has 3 rings (SSSR count). The molecule has 0 saturated heterocycles. The minimum atomic E-state index is -2.62. The van der Waals surface area contributed by atoms with Crippen LogP contribution in [0.2, 0.25) is 0 Å². The lowest BCUT2D eigenvalue weighted by molar-refractivity contribution is 0.147. The Labute approximate surface area is 116 Å². The molecule has 6 nitrogen and oxygen atoms in total. The van der Waals surface area contributed by atoms with Gasteiger partial charge in [0.1, 0.15) is 17.1 Å². The lowest BCUT2D eigenvalue weighted by atomic mass is 10.3. The molecule has 3 heterocycles. The van der Waals surface area contributed by atoms with E-state index in [-0.39, 0.29) is 12.3 Å². The maximum Gasteiger partial charge on any atom is 0.282 e. The summed E-state index contributed by atoms with van der Waals surface area (Å²) in [4.78, 5) is 5.41. The first kappa shape index (κ1) is 13.1. The zero-order valence-corrected chi connectivity index (χ0v) is 11.4. The molecule has 20 heavy (non-hydrogen) atoms. The Morgan fingerprint density at radius 2 is 2.30 bits per heavy atom. The highest BCUT2D eigenvalue weighted by molar-refractivity contribution is 7.21.